The Labute approximate surface area is 158 Å². The van der Waals surface area contributed by atoms with E-state index in [0.717, 1.165) is 31.5 Å². The Morgan fingerprint density at radius 1 is 1.12 bits per heavy atom. The summed E-state index contributed by atoms with van der Waals surface area (Å²) in [6.07, 6.45) is 3.86. The Morgan fingerprint density at radius 3 is 2.65 bits per heavy atom. The average Bonchev–Trinajstić information content (AvgIpc) is 2.90. The maximum absolute atomic E-state index is 12.4. The number of halogens is 1. The first kappa shape index (κ1) is 18.7. The molecule has 7 heteroatoms. The van der Waals surface area contributed by atoms with Gasteiger partial charge in [0.1, 0.15) is 0 Å². The van der Waals surface area contributed by atoms with Crippen LogP contribution in [-0.4, -0.2) is 48.8 Å². The normalized spacial score (nSPS) is 21.0. The Balaban J connectivity index is 1.48. The molecule has 3 rings (SSSR count). The van der Waals surface area contributed by atoms with Crippen LogP contribution in [0.25, 0.3) is 0 Å². The number of carbonyl (C=O) groups is 3. The second-order valence-electron chi connectivity index (χ2n) is 6.86. The zero-order valence-corrected chi connectivity index (χ0v) is 15.5. The molecule has 1 unspecified atom stereocenters. The fraction of sp³-hybridized carbons (Fsp3) is 0.526. The second kappa shape index (κ2) is 8.54. The van der Waals surface area contributed by atoms with Crippen LogP contribution in [0.3, 0.4) is 0 Å². The van der Waals surface area contributed by atoms with Gasteiger partial charge in [-0.2, -0.15) is 0 Å². The highest BCUT2D eigenvalue weighted by Gasteiger charge is 2.35. The minimum absolute atomic E-state index is 0.0600. The molecule has 6 nitrogen and oxygen atoms in total. The summed E-state index contributed by atoms with van der Waals surface area (Å²) in [5.41, 5.74) is 0.755. The van der Waals surface area contributed by atoms with Crippen molar-refractivity contribution in [2.75, 3.05) is 31.1 Å². The fourth-order valence-electron chi connectivity index (χ4n) is 3.49. The van der Waals surface area contributed by atoms with Gasteiger partial charge in [-0.1, -0.05) is 18.0 Å². The van der Waals surface area contributed by atoms with Gasteiger partial charge < -0.3 is 15.1 Å². The summed E-state index contributed by atoms with van der Waals surface area (Å²) in [7, 11) is 0. The number of carbonyl (C=O) groups excluding carboxylic acids is 3. The molecule has 2 aliphatic heterocycles. The highest BCUT2D eigenvalue weighted by molar-refractivity contribution is 6.30. The lowest BCUT2D eigenvalue weighted by Gasteiger charge is -2.21. The van der Waals surface area contributed by atoms with Crippen molar-refractivity contribution in [1.29, 1.82) is 0 Å². The maximum Gasteiger partial charge on any atom is 0.227 e. The van der Waals surface area contributed by atoms with Crippen LogP contribution >= 0.6 is 11.6 Å². The molecular weight excluding hydrogens is 354 g/mol. The third kappa shape index (κ3) is 4.55. The zero-order chi connectivity index (χ0) is 18.5. The first-order chi connectivity index (χ1) is 12.5. The molecule has 2 fully saturated rings. The molecule has 0 radical (unpaired) electrons. The van der Waals surface area contributed by atoms with Crippen LogP contribution in [0.2, 0.25) is 5.02 Å². The molecule has 0 saturated carbocycles. The van der Waals surface area contributed by atoms with E-state index in [-0.39, 0.29) is 30.1 Å². The van der Waals surface area contributed by atoms with Crippen molar-refractivity contribution in [3.8, 4) is 0 Å². The van der Waals surface area contributed by atoms with Crippen molar-refractivity contribution in [3.05, 3.63) is 29.3 Å². The number of benzene rings is 1. The fourth-order valence-corrected chi connectivity index (χ4v) is 3.61. The number of anilines is 1. The SMILES string of the molecule is O=C(NCCN1CCCCCC1=O)C1CC(=O)N(c2ccc(Cl)cc2)C1. The number of rotatable bonds is 5. The van der Waals surface area contributed by atoms with Crippen molar-refractivity contribution in [3.63, 3.8) is 0 Å². The van der Waals surface area contributed by atoms with E-state index in [0.29, 0.717) is 31.1 Å². The van der Waals surface area contributed by atoms with E-state index < -0.39 is 0 Å². The predicted octanol–water partition coefficient (Wildman–Crippen LogP) is 2.21. The summed E-state index contributed by atoms with van der Waals surface area (Å²) < 4.78 is 0. The van der Waals surface area contributed by atoms with E-state index in [9.17, 15) is 14.4 Å². The Hall–Kier alpha value is -2.08. The quantitative estimate of drug-likeness (QED) is 0.855. The van der Waals surface area contributed by atoms with Gasteiger partial charge in [0.25, 0.3) is 0 Å². The van der Waals surface area contributed by atoms with Gasteiger partial charge in [-0.3, -0.25) is 14.4 Å². The third-order valence-corrected chi connectivity index (χ3v) is 5.24. The molecule has 1 atom stereocenters. The van der Waals surface area contributed by atoms with Crippen molar-refractivity contribution in [1.82, 2.24) is 10.2 Å². The number of nitrogens with zero attached hydrogens (tertiary/aromatic N) is 2. The van der Waals surface area contributed by atoms with Crippen LogP contribution in [0.15, 0.2) is 24.3 Å². The molecule has 0 spiro atoms. The minimum Gasteiger partial charge on any atom is -0.354 e. The molecule has 0 bridgehead atoms. The van der Waals surface area contributed by atoms with Crippen LogP contribution in [-0.2, 0) is 14.4 Å². The van der Waals surface area contributed by atoms with E-state index in [2.05, 4.69) is 5.32 Å². The molecule has 1 N–H and O–H groups in total. The summed E-state index contributed by atoms with van der Waals surface area (Å²) in [6.45, 7) is 2.10. The molecule has 0 aromatic heterocycles. The van der Waals surface area contributed by atoms with E-state index in [1.54, 1.807) is 29.2 Å². The van der Waals surface area contributed by atoms with E-state index >= 15 is 0 Å². The molecule has 1 aromatic rings. The summed E-state index contributed by atoms with van der Waals surface area (Å²) in [4.78, 5) is 40.1. The number of hydrogen-bond donors (Lipinski definition) is 1. The van der Waals surface area contributed by atoms with Gasteiger partial charge in [-0.15, -0.1) is 0 Å². The first-order valence-corrected chi connectivity index (χ1v) is 9.54. The van der Waals surface area contributed by atoms with Gasteiger partial charge in [0, 0.05) is 49.7 Å². The monoisotopic (exact) mass is 377 g/mol. The largest absolute Gasteiger partial charge is 0.354 e. The van der Waals surface area contributed by atoms with Crippen molar-refractivity contribution in [2.24, 2.45) is 5.92 Å². The molecule has 2 heterocycles. The first-order valence-electron chi connectivity index (χ1n) is 9.16. The molecule has 26 heavy (non-hydrogen) atoms. The topological polar surface area (TPSA) is 69.7 Å². The summed E-state index contributed by atoms with van der Waals surface area (Å²) in [5.74, 6) is -0.382. The van der Waals surface area contributed by atoms with Crippen LogP contribution in [0.5, 0.6) is 0 Å². The zero-order valence-electron chi connectivity index (χ0n) is 14.7. The molecular formula is C19H24ClN3O3. The Morgan fingerprint density at radius 2 is 1.88 bits per heavy atom. The van der Waals surface area contributed by atoms with Gasteiger partial charge >= 0.3 is 0 Å². The number of nitrogens with one attached hydrogen (secondary N) is 1. The molecule has 1 aromatic carbocycles. The number of likely N-dealkylation sites (tertiary alicyclic amines) is 1. The lowest BCUT2D eigenvalue weighted by atomic mass is 10.1. The maximum atomic E-state index is 12.4. The van der Waals surface area contributed by atoms with Crippen molar-refractivity contribution >= 4 is 35.0 Å². The third-order valence-electron chi connectivity index (χ3n) is 4.99. The standard InChI is InChI=1S/C19H24ClN3O3/c20-15-5-7-16(8-6-15)23-13-14(12-18(23)25)19(26)21-9-11-22-10-3-1-2-4-17(22)24/h5-8,14H,1-4,9-13H2,(H,21,26). The van der Waals surface area contributed by atoms with Crippen LogP contribution in [0, 0.1) is 5.92 Å². The Bertz CT molecular complexity index is 677. The highest BCUT2D eigenvalue weighted by Crippen LogP contribution is 2.26. The van der Waals surface area contributed by atoms with Gasteiger partial charge in [-0.05, 0) is 37.1 Å². The number of amides is 3. The summed E-state index contributed by atoms with van der Waals surface area (Å²) in [6, 6.07) is 7.03. The molecule has 3 amide bonds. The van der Waals surface area contributed by atoms with E-state index in [1.807, 2.05) is 4.90 Å². The lowest BCUT2D eigenvalue weighted by Crippen LogP contribution is -2.40. The average molecular weight is 378 g/mol. The van der Waals surface area contributed by atoms with Crippen molar-refractivity contribution < 1.29 is 14.4 Å². The van der Waals surface area contributed by atoms with E-state index in [4.69, 9.17) is 11.6 Å². The molecule has 0 aliphatic carbocycles. The smallest absolute Gasteiger partial charge is 0.227 e. The Kier molecular flexibility index (Phi) is 6.14. The van der Waals surface area contributed by atoms with Crippen LogP contribution in [0.1, 0.15) is 32.1 Å². The van der Waals surface area contributed by atoms with Gasteiger partial charge in [0.05, 0.1) is 5.92 Å². The predicted molar refractivity (Wildman–Crippen MR) is 100.0 cm³/mol. The van der Waals surface area contributed by atoms with Crippen LogP contribution in [0.4, 0.5) is 5.69 Å². The lowest BCUT2D eigenvalue weighted by molar-refractivity contribution is -0.131. The van der Waals surface area contributed by atoms with E-state index in [1.165, 1.54) is 0 Å². The second-order valence-corrected chi connectivity index (χ2v) is 7.30. The molecule has 2 aliphatic rings. The van der Waals surface area contributed by atoms with Gasteiger partial charge in [0.2, 0.25) is 17.7 Å². The molecule has 140 valence electrons. The number of hydrogen-bond acceptors (Lipinski definition) is 3. The van der Waals surface area contributed by atoms with Crippen LogP contribution < -0.4 is 10.2 Å². The summed E-state index contributed by atoms with van der Waals surface area (Å²) >= 11 is 5.88. The summed E-state index contributed by atoms with van der Waals surface area (Å²) in [5, 5.41) is 3.49. The minimum atomic E-state index is -0.363. The van der Waals surface area contributed by atoms with Gasteiger partial charge in [0.15, 0.2) is 0 Å². The van der Waals surface area contributed by atoms with Gasteiger partial charge in [-0.25, -0.2) is 0 Å². The molecule has 2 saturated heterocycles. The highest BCUT2D eigenvalue weighted by atomic mass is 35.5. The van der Waals surface area contributed by atoms with Crippen molar-refractivity contribution in [2.45, 2.75) is 32.1 Å².